The van der Waals surface area contributed by atoms with E-state index in [0.717, 1.165) is 18.5 Å². The fourth-order valence-electron chi connectivity index (χ4n) is 1.39. The Kier molecular flexibility index (Phi) is 2.07. The monoisotopic (exact) mass is 194 g/mol. The summed E-state index contributed by atoms with van der Waals surface area (Å²) in [6.45, 7) is 0. The van der Waals surface area contributed by atoms with E-state index in [4.69, 9.17) is 9.84 Å². The summed E-state index contributed by atoms with van der Waals surface area (Å²) in [5.41, 5.74) is 0.671. The third-order valence-electron chi connectivity index (χ3n) is 2.20. The van der Waals surface area contributed by atoms with Gasteiger partial charge in [0.1, 0.15) is 6.33 Å². The number of methoxy groups -OCH3 is 1. The highest BCUT2D eigenvalue weighted by atomic mass is 16.5. The predicted molar refractivity (Wildman–Crippen MR) is 47.5 cm³/mol. The van der Waals surface area contributed by atoms with E-state index in [1.165, 1.54) is 13.4 Å². The minimum atomic E-state index is -1.08. The minimum absolute atomic E-state index is 0.0515. The fraction of sp³-hybridized carbons (Fsp3) is 0.444. The van der Waals surface area contributed by atoms with Gasteiger partial charge in [0.25, 0.3) is 0 Å². The predicted octanol–water partition coefficient (Wildman–Crippen LogP) is 1.06. The Balaban J connectivity index is 2.49. The molecule has 1 N–H and O–H groups in total. The molecule has 5 heteroatoms. The molecule has 0 aliphatic heterocycles. The quantitative estimate of drug-likeness (QED) is 0.778. The van der Waals surface area contributed by atoms with Gasteiger partial charge in [0.15, 0.2) is 11.4 Å². The highest BCUT2D eigenvalue weighted by molar-refractivity contribution is 5.88. The third-order valence-corrected chi connectivity index (χ3v) is 2.20. The molecule has 0 bridgehead atoms. The summed E-state index contributed by atoms with van der Waals surface area (Å²) in [5, 5.41) is 8.85. The van der Waals surface area contributed by atoms with Gasteiger partial charge >= 0.3 is 5.97 Å². The normalized spacial score (nSPS) is 15.2. The van der Waals surface area contributed by atoms with Crippen molar-refractivity contribution < 1.29 is 14.6 Å². The average Bonchev–Trinajstić information content (AvgIpc) is 2.99. The summed E-state index contributed by atoms with van der Waals surface area (Å²) in [5.74, 6) is -0.417. The van der Waals surface area contributed by atoms with E-state index in [1.807, 2.05) is 0 Å². The second-order valence-corrected chi connectivity index (χ2v) is 3.22. The van der Waals surface area contributed by atoms with Gasteiger partial charge in [0, 0.05) is 5.92 Å². The van der Waals surface area contributed by atoms with Crippen LogP contribution in [0.1, 0.15) is 34.9 Å². The van der Waals surface area contributed by atoms with E-state index in [1.54, 1.807) is 0 Å². The van der Waals surface area contributed by atoms with E-state index in [-0.39, 0.29) is 5.69 Å². The van der Waals surface area contributed by atoms with Gasteiger partial charge in [-0.05, 0) is 12.8 Å². The number of aromatic carboxylic acids is 1. The Morgan fingerprint density at radius 3 is 2.79 bits per heavy atom. The molecule has 0 atom stereocenters. The van der Waals surface area contributed by atoms with Crippen molar-refractivity contribution in [2.24, 2.45) is 0 Å². The lowest BCUT2D eigenvalue weighted by atomic mass is 10.2. The van der Waals surface area contributed by atoms with E-state index in [9.17, 15) is 4.79 Å². The molecule has 0 amide bonds. The standard InChI is InChI=1S/C9H10N2O3/c1-14-8-6(5-2-3-5)10-4-11-7(8)9(12)13/h4-5H,2-3H2,1H3,(H,12,13). The van der Waals surface area contributed by atoms with Crippen LogP contribution in [-0.2, 0) is 0 Å². The van der Waals surface area contributed by atoms with Crippen molar-refractivity contribution in [3.05, 3.63) is 17.7 Å². The lowest BCUT2D eigenvalue weighted by molar-refractivity contribution is 0.0686. The summed E-state index contributed by atoms with van der Waals surface area (Å²) in [4.78, 5) is 18.5. The van der Waals surface area contributed by atoms with Crippen molar-refractivity contribution in [3.8, 4) is 5.75 Å². The molecule has 1 fully saturated rings. The van der Waals surface area contributed by atoms with Gasteiger partial charge in [-0.1, -0.05) is 0 Å². The Hall–Kier alpha value is -1.65. The van der Waals surface area contributed by atoms with E-state index in [0.29, 0.717) is 11.7 Å². The number of nitrogens with zero attached hydrogens (tertiary/aromatic N) is 2. The number of rotatable bonds is 3. The number of carboxylic acids is 1. The maximum atomic E-state index is 10.8. The number of aromatic nitrogens is 2. The topological polar surface area (TPSA) is 72.3 Å². The molecule has 0 aromatic carbocycles. The molecule has 1 heterocycles. The Morgan fingerprint density at radius 1 is 1.57 bits per heavy atom. The number of hydrogen-bond acceptors (Lipinski definition) is 4. The van der Waals surface area contributed by atoms with Gasteiger partial charge in [-0.15, -0.1) is 0 Å². The van der Waals surface area contributed by atoms with Gasteiger partial charge in [-0.3, -0.25) is 0 Å². The molecule has 5 nitrogen and oxygen atoms in total. The molecule has 0 saturated heterocycles. The van der Waals surface area contributed by atoms with Gasteiger partial charge in [-0.2, -0.15) is 0 Å². The van der Waals surface area contributed by atoms with E-state index < -0.39 is 5.97 Å². The summed E-state index contributed by atoms with van der Waals surface area (Å²) < 4.78 is 5.03. The van der Waals surface area contributed by atoms with Crippen LogP contribution in [0.4, 0.5) is 0 Å². The van der Waals surface area contributed by atoms with Gasteiger partial charge < -0.3 is 9.84 Å². The number of hydrogen-bond donors (Lipinski definition) is 1. The molecule has 1 aliphatic carbocycles. The largest absolute Gasteiger partial charge is 0.492 e. The van der Waals surface area contributed by atoms with Crippen molar-refractivity contribution in [2.75, 3.05) is 7.11 Å². The minimum Gasteiger partial charge on any atom is -0.492 e. The zero-order valence-corrected chi connectivity index (χ0v) is 7.73. The highest BCUT2D eigenvalue weighted by Gasteiger charge is 2.31. The Bertz CT molecular complexity index is 374. The van der Waals surface area contributed by atoms with Crippen LogP contribution in [0.5, 0.6) is 5.75 Å². The summed E-state index contributed by atoms with van der Waals surface area (Å²) >= 11 is 0. The smallest absolute Gasteiger partial charge is 0.358 e. The molecule has 0 radical (unpaired) electrons. The Morgan fingerprint density at radius 2 is 2.29 bits per heavy atom. The van der Waals surface area contributed by atoms with Gasteiger partial charge in [0.2, 0.25) is 0 Å². The first-order valence-corrected chi connectivity index (χ1v) is 4.36. The lowest BCUT2D eigenvalue weighted by Gasteiger charge is -2.07. The van der Waals surface area contributed by atoms with Crippen molar-refractivity contribution >= 4 is 5.97 Å². The molecule has 14 heavy (non-hydrogen) atoms. The van der Waals surface area contributed by atoms with Crippen molar-refractivity contribution in [3.63, 3.8) is 0 Å². The number of ether oxygens (including phenoxy) is 1. The van der Waals surface area contributed by atoms with Crippen LogP contribution in [-0.4, -0.2) is 28.2 Å². The van der Waals surface area contributed by atoms with Crippen LogP contribution in [0.3, 0.4) is 0 Å². The third kappa shape index (κ3) is 1.41. The molecular weight excluding hydrogens is 184 g/mol. The molecule has 1 aromatic rings. The molecule has 0 unspecified atom stereocenters. The first kappa shape index (κ1) is 8.93. The van der Waals surface area contributed by atoms with Crippen LogP contribution in [0.2, 0.25) is 0 Å². The maximum Gasteiger partial charge on any atom is 0.358 e. The van der Waals surface area contributed by atoms with Gasteiger partial charge in [-0.25, -0.2) is 14.8 Å². The van der Waals surface area contributed by atoms with Crippen LogP contribution < -0.4 is 4.74 Å². The van der Waals surface area contributed by atoms with Crippen molar-refractivity contribution in [2.45, 2.75) is 18.8 Å². The molecule has 1 saturated carbocycles. The molecule has 74 valence electrons. The Labute approximate surface area is 80.8 Å². The van der Waals surface area contributed by atoms with Crippen LogP contribution in [0.15, 0.2) is 6.33 Å². The second kappa shape index (κ2) is 3.25. The molecule has 1 aliphatic rings. The van der Waals surface area contributed by atoms with Crippen molar-refractivity contribution in [1.82, 2.24) is 9.97 Å². The lowest BCUT2D eigenvalue weighted by Crippen LogP contribution is -2.07. The molecular formula is C9H10N2O3. The highest BCUT2D eigenvalue weighted by Crippen LogP contribution is 2.43. The average molecular weight is 194 g/mol. The van der Waals surface area contributed by atoms with Crippen molar-refractivity contribution in [1.29, 1.82) is 0 Å². The maximum absolute atomic E-state index is 10.8. The summed E-state index contributed by atoms with van der Waals surface area (Å²) in [7, 11) is 1.44. The number of carbonyl (C=O) groups is 1. The van der Waals surface area contributed by atoms with E-state index >= 15 is 0 Å². The number of carboxylic acid groups (broad SMARTS) is 1. The summed E-state index contributed by atoms with van der Waals surface area (Å²) in [6, 6.07) is 0. The van der Waals surface area contributed by atoms with Crippen LogP contribution in [0, 0.1) is 0 Å². The fourth-order valence-corrected chi connectivity index (χ4v) is 1.39. The van der Waals surface area contributed by atoms with Crippen LogP contribution >= 0.6 is 0 Å². The molecule has 1 aromatic heterocycles. The van der Waals surface area contributed by atoms with Gasteiger partial charge in [0.05, 0.1) is 12.8 Å². The first-order chi connectivity index (χ1) is 6.74. The van der Waals surface area contributed by atoms with E-state index in [2.05, 4.69) is 9.97 Å². The molecule has 2 rings (SSSR count). The zero-order chi connectivity index (χ0) is 10.1. The zero-order valence-electron chi connectivity index (χ0n) is 7.73. The molecule has 0 spiro atoms. The SMILES string of the molecule is COc1c(C(=O)O)ncnc1C1CC1. The second-order valence-electron chi connectivity index (χ2n) is 3.22. The summed E-state index contributed by atoms with van der Waals surface area (Å²) in [6.07, 6.45) is 3.37. The first-order valence-electron chi connectivity index (χ1n) is 4.36. The van der Waals surface area contributed by atoms with Crippen LogP contribution in [0.25, 0.3) is 0 Å².